The largest absolute Gasteiger partial charge is 0.436 e. The summed E-state index contributed by atoms with van der Waals surface area (Å²) in [5, 5.41) is 13.7. The first kappa shape index (κ1) is 14.2. The first-order chi connectivity index (χ1) is 11.5. The zero-order valence-electron chi connectivity index (χ0n) is 12.9. The summed E-state index contributed by atoms with van der Waals surface area (Å²) in [7, 11) is 0. The molecule has 4 heterocycles. The predicted octanol–water partition coefficient (Wildman–Crippen LogP) is 1.62. The normalized spacial score (nSPS) is 11.6. The number of H-pyrrole nitrogens is 1. The maximum atomic E-state index is 12.8. The number of rotatable bonds is 2. The molecule has 9 heteroatoms. The number of nitrogens with two attached hydrogens (primary N) is 1. The average molecular weight is 323 g/mol. The van der Waals surface area contributed by atoms with Crippen LogP contribution in [0.25, 0.3) is 33.6 Å². The van der Waals surface area contributed by atoms with Crippen molar-refractivity contribution in [3.8, 4) is 11.4 Å². The molecule has 0 aliphatic heterocycles. The molecule has 120 valence electrons. The number of pyridine rings is 2. The quantitative estimate of drug-likeness (QED) is 0.531. The molecule has 0 radical (unpaired) electrons. The Bertz CT molecular complexity index is 1120. The monoisotopic (exact) mass is 323 g/mol. The average Bonchev–Trinajstić information content (AvgIpc) is 3.08. The van der Waals surface area contributed by atoms with E-state index in [2.05, 4.69) is 30.6 Å². The van der Waals surface area contributed by atoms with Crippen LogP contribution in [0.3, 0.4) is 0 Å². The van der Waals surface area contributed by atoms with Gasteiger partial charge in [-0.15, -0.1) is 5.10 Å². The van der Waals surface area contributed by atoms with Gasteiger partial charge in [0.25, 0.3) is 0 Å². The van der Waals surface area contributed by atoms with Crippen molar-refractivity contribution < 1.29 is 4.42 Å². The third kappa shape index (κ3) is 2.09. The van der Waals surface area contributed by atoms with E-state index in [1.165, 1.54) is 0 Å². The molecule has 0 amide bonds. The van der Waals surface area contributed by atoms with E-state index in [1.807, 2.05) is 19.9 Å². The molecule has 0 saturated carbocycles. The van der Waals surface area contributed by atoms with Crippen molar-refractivity contribution in [3.05, 3.63) is 34.1 Å². The van der Waals surface area contributed by atoms with Gasteiger partial charge in [0.15, 0.2) is 16.9 Å². The van der Waals surface area contributed by atoms with E-state index in [9.17, 15) is 4.79 Å². The van der Waals surface area contributed by atoms with E-state index >= 15 is 0 Å². The van der Waals surface area contributed by atoms with Crippen LogP contribution in [0.1, 0.15) is 25.5 Å². The van der Waals surface area contributed by atoms with Crippen LogP contribution in [0.4, 0.5) is 5.82 Å². The molecule has 3 N–H and O–H groups in total. The second kappa shape index (κ2) is 5.08. The zero-order chi connectivity index (χ0) is 16.8. The Morgan fingerprint density at radius 2 is 2.08 bits per heavy atom. The topological polar surface area (TPSA) is 136 Å². The summed E-state index contributed by atoms with van der Waals surface area (Å²) in [5.41, 5.74) is 7.70. The van der Waals surface area contributed by atoms with Crippen LogP contribution in [0.2, 0.25) is 0 Å². The highest BCUT2D eigenvalue weighted by Crippen LogP contribution is 2.26. The standard InChI is InChI=1S/C15H13N7O2/c1-6(2)9-3-4-10-11(17-9)12(23)7-5-8(14-19-21-22-20-14)13(16)18-15(7)24-10/h3-6H,1-2H3,(H2,16,18)(H,19,20,21,22). The highest BCUT2D eigenvalue weighted by Gasteiger charge is 2.16. The third-order valence-corrected chi connectivity index (χ3v) is 3.76. The van der Waals surface area contributed by atoms with E-state index in [4.69, 9.17) is 10.2 Å². The minimum absolute atomic E-state index is 0.153. The Kier molecular flexibility index (Phi) is 3.02. The van der Waals surface area contributed by atoms with Crippen LogP contribution in [0, 0.1) is 0 Å². The minimum Gasteiger partial charge on any atom is -0.436 e. The number of anilines is 1. The Labute approximate surface area is 134 Å². The van der Waals surface area contributed by atoms with Gasteiger partial charge in [0.05, 0.1) is 10.9 Å². The second-order valence-corrected chi connectivity index (χ2v) is 5.69. The number of tetrazole rings is 1. The number of aromatic amines is 1. The van der Waals surface area contributed by atoms with E-state index in [0.29, 0.717) is 17.0 Å². The number of nitrogens with one attached hydrogen (secondary N) is 1. The van der Waals surface area contributed by atoms with E-state index in [1.54, 1.807) is 12.1 Å². The van der Waals surface area contributed by atoms with Crippen LogP contribution >= 0.6 is 0 Å². The summed E-state index contributed by atoms with van der Waals surface area (Å²) < 4.78 is 5.70. The van der Waals surface area contributed by atoms with Crippen LogP contribution in [0.5, 0.6) is 0 Å². The smallest absolute Gasteiger partial charge is 0.232 e. The molecule has 0 atom stereocenters. The van der Waals surface area contributed by atoms with Crippen LogP contribution < -0.4 is 11.2 Å². The summed E-state index contributed by atoms with van der Waals surface area (Å²) in [6, 6.07) is 5.12. The highest BCUT2D eigenvalue weighted by atomic mass is 16.3. The van der Waals surface area contributed by atoms with Crippen LogP contribution in [-0.2, 0) is 0 Å². The summed E-state index contributed by atoms with van der Waals surface area (Å²) in [6.45, 7) is 4.02. The summed E-state index contributed by atoms with van der Waals surface area (Å²) >= 11 is 0. The number of hydrogen-bond donors (Lipinski definition) is 2. The van der Waals surface area contributed by atoms with Crippen molar-refractivity contribution in [2.75, 3.05) is 5.73 Å². The molecular formula is C15H13N7O2. The van der Waals surface area contributed by atoms with Gasteiger partial charge in [0, 0.05) is 5.69 Å². The predicted molar refractivity (Wildman–Crippen MR) is 87.3 cm³/mol. The minimum atomic E-state index is -0.269. The molecule has 0 fully saturated rings. The lowest BCUT2D eigenvalue weighted by Crippen LogP contribution is -2.08. The van der Waals surface area contributed by atoms with Crippen molar-refractivity contribution >= 4 is 28.0 Å². The number of fused-ring (bicyclic) bond motifs is 2. The molecule has 9 nitrogen and oxygen atoms in total. The van der Waals surface area contributed by atoms with Gasteiger partial charge >= 0.3 is 0 Å². The molecule has 0 aliphatic rings. The molecule has 0 bridgehead atoms. The van der Waals surface area contributed by atoms with Crippen molar-refractivity contribution in [1.29, 1.82) is 0 Å². The van der Waals surface area contributed by atoms with Crippen LogP contribution in [-0.4, -0.2) is 30.6 Å². The van der Waals surface area contributed by atoms with Gasteiger partial charge in [-0.1, -0.05) is 13.8 Å². The maximum absolute atomic E-state index is 12.8. The van der Waals surface area contributed by atoms with E-state index in [-0.39, 0.29) is 33.8 Å². The van der Waals surface area contributed by atoms with E-state index in [0.717, 1.165) is 5.69 Å². The number of nitrogen functional groups attached to an aromatic ring is 1. The summed E-state index contributed by atoms with van der Waals surface area (Å²) in [6.07, 6.45) is 0. The summed E-state index contributed by atoms with van der Waals surface area (Å²) in [4.78, 5) is 21.4. The van der Waals surface area contributed by atoms with Crippen molar-refractivity contribution in [1.82, 2.24) is 30.6 Å². The third-order valence-electron chi connectivity index (χ3n) is 3.76. The summed E-state index contributed by atoms with van der Waals surface area (Å²) in [5.74, 6) is 0.686. The van der Waals surface area contributed by atoms with Gasteiger partial charge < -0.3 is 10.2 Å². The fraction of sp³-hybridized carbons (Fsp3) is 0.200. The van der Waals surface area contributed by atoms with Gasteiger partial charge in [-0.3, -0.25) is 4.79 Å². The Balaban J connectivity index is 2.06. The Morgan fingerprint density at radius 3 is 2.79 bits per heavy atom. The van der Waals surface area contributed by atoms with Gasteiger partial charge in [-0.2, -0.15) is 4.98 Å². The van der Waals surface area contributed by atoms with Crippen LogP contribution in [0.15, 0.2) is 27.4 Å². The van der Waals surface area contributed by atoms with Crippen molar-refractivity contribution in [3.63, 3.8) is 0 Å². The van der Waals surface area contributed by atoms with Crippen molar-refractivity contribution in [2.24, 2.45) is 0 Å². The van der Waals surface area contributed by atoms with Gasteiger partial charge in [-0.05, 0) is 34.5 Å². The molecule has 4 aromatic rings. The molecular weight excluding hydrogens is 310 g/mol. The molecule has 0 saturated heterocycles. The fourth-order valence-corrected chi connectivity index (χ4v) is 2.47. The lowest BCUT2D eigenvalue weighted by Gasteiger charge is -2.07. The second-order valence-electron chi connectivity index (χ2n) is 5.69. The molecule has 4 aromatic heterocycles. The number of aromatic nitrogens is 6. The SMILES string of the molecule is CC(C)c1ccc2oc3nc(N)c(-c4nnn[nH]4)cc3c(=O)c2n1. The lowest BCUT2D eigenvalue weighted by atomic mass is 10.1. The Hall–Kier alpha value is -3.36. The zero-order valence-corrected chi connectivity index (χ0v) is 12.9. The first-order valence-corrected chi connectivity index (χ1v) is 7.32. The molecule has 24 heavy (non-hydrogen) atoms. The van der Waals surface area contributed by atoms with Gasteiger partial charge in [0.1, 0.15) is 5.82 Å². The fourth-order valence-electron chi connectivity index (χ4n) is 2.47. The maximum Gasteiger partial charge on any atom is 0.232 e. The molecule has 0 aromatic carbocycles. The first-order valence-electron chi connectivity index (χ1n) is 7.32. The molecule has 4 rings (SSSR count). The number of nitrogens with zero attached hydrogens (tertiary/aromatic N) is 5. The van der Waals surface area contributed by atoms with Gasteiger partial charge in [0.2, 0.25) is 11.1 Å². The molecule has 0 unspecified atom stereocenters. The highest BCUT2D eigenvalue weighted by molar-refractivity contribution is 5.90. The Morgan fingerprint density at radius 1 is 1.25 bits per heavy atom. The molecule has 0 aliphatic carbocycles. The van der Waals surface area contributed by atoms with Gasteiger partial charge in [-0.25, -0.2) is 10.1 Å². The molecule has 0 spiro atoms. The number of hydrogen-bond acceptors (Lipinski definition) is 8. The van der Waals surface area contributed by atoms with Crippen molar-refractivity contribution in [2.45, 2.75) is 19.8 Å². The van der Waals surface area contributed by atoms with E-state index < -0.39 is 0 Å². The lowest BCUT2D eigenvalue weighted by molar-refractivity contribution is 0.643.